The average molecular weight is 248 g/mol. The summed E-state index contributed by atoms with van der Waals surface area (Å²) in [6, 6.07) is 5.33. The second-order valence-electron chi connectivity index (χ2n) is 5.73. The molecule has 1 aromatic carbocycles. The number of hydrogen-bond donors (Lipinski definition) is 3. The summed E-state index contributed by atoms with van der Waals surface area (Å²) in [5, 5.41) is 12.6. The fourth-order valence-corrected chi connectivity index (χ4v) is 2.33. The molecule has 4 nitrogen and oxygen atoms in total. The topological polar surface area (TPSA) is 75.4 Å². The molecule has 1 aromatic rings. The van der Waals surface area contributed by atoms with Gasteiger partial charge in [0, 0.05) is 22.7 Å². The van der Waals surface area contributed by atoms with Crippen LogP contribution in [-0.4, -0.2) is 23.2 Å². The van der Waals surface area contributed by atoms with E-state index in [0.717, 1.165) is 5.56 Å². The maximum absolute atomic E-state index is 12.1. The van der Waals surface area contributed by atoms with Gasteiger partial charge in [-0.3, -0.25) is 4.79 Å². The number of nitrogens with two attached hydrogens (primary N) is 1. The Hall–Kier alpha value is -1.55. The summed E-state index contributed by atoms with van der Waals surface area (Å²) in [5.74, 6) is -0.129. The van der Waals surface area contributed by atoms with Crippen LogP contribution in [0.5, 0.6) is 0 Å². The number of amides is 1. The van der Waals surface area contributed by atoms with Gasteiger partial charge in [0.1, 0.15) is 0 Å². The van der Waals surface area contributed by atoms with Gasteiger partial charge in [0.05, 0.1) is 6.10 Å². The SMILES string of the molecule is Cc1cc(N)cc(C(=O)NC2CC(O)C2(C)C)c1. The number of nitrogen functional groups attached to an aromatic ring is 1. The molecule has 2 atom stereocenters. The van der Waals surface area contributed by atoms with Gasteiger partial charge in [0.15, 0.2) is 0 Å². The Morgan fingerprint density at radius 1 is 1.44 bits per heavy atom. The highest BCUT2D eigenvalue weighted by Crippen LogP contribution is 2.40. The van der Waals surface area contributed by atoms with Gasteiger partial charge in [0.2, 0.25) is 0 Å². The molecule has 0 saturated heterocycles. The van der Waals surface area contributed by atoms with Crippen LogP contribution >= 0.6 is 0 Å². The van der Waals surface area contributed by atoms with E-state index in [9.17, 15) is 9.90 Å². The first-order valence-electron chi connectivity index (χ1n) is 6.17. The number of aliphatic hydroxyl groups excluding tert-OH is 1. The molecule has 0 bridgehead atoms. The van der Waals surface area contributed by atoms with E-state index >= 15 is 0 Å². The van der Waals surface area contributed by atoms with Crippen molar-refractivity contribution in [3.63, 3.8) is 0 Å². The van der Waals surface area contributed by atoms with Crippen molar-refractivity contribution in [2.24, 2.45) is 5.41 Å². The van der Waals surface area contributed by atoms with Crippen LogP contribution in [0.4, 0.5) is 5.69 Å². The highest BCUT2D eigenvalue weighted by atomic mass is 16.3. The lowest BCUT2D eigenvalue weighted by molar-refractivity contribution is -0.0689. The zero-order valence-corrected chi connectivity index (χ0v) is 11.0. The quantitative estimate of drug-likeness (QED) is 0.694. The van der Waals surface area contributed by atoms with Gasteiger partial charge in [-0.1, -0.05) is 13.8 Å². The third-order valence-corrected chi connectivity index (χ3v) is 3.88. The molecule has 1 fully saturated rings. The van der Waals surface area contributed by atoms with E-state index in [2.05, 4.69) is 5.32 Å². The average Bonchev–Trinajstić information content (AvgIpc) is 2.27. The molecular weight excluding hydrogens is 228 g/mol. The van der Waals surface area contributed by atoms with Crippen LogP contribution in [0.1, 0.15) is 36.2 Å². The van der Waals surface area contributed by atoms with Crippen LogP contribution in [-0.2, 0) is 0 Å². The van der Waals surface area contributed by atoms with Gasteiger partial charge < -0.3 is 16.2 Å². The summed E-state index contributed by atoms with van der Waals surface area (Å²) in [6.07, 6.45) is 0.269. The van der Waals surface area contributed by atoms with Crippen molar-refractivity contribution in [3.8, 4) is 0 Å². The van der Waals surface area contributed by atoms with Gasteiger partial charge in [-0.25, -0.2) is 0 Å². The Morgan fingerprint density at radius 3 is 2.61 bits per heavy atom. The van der Waals surface area contributed by atoms with E-state index in [1.54, 1.807) is 6.07 Å². The Morgan fingerprint density at radius 2 is 2.11 bits per heavy atom. The Labute approximate surface area is 107 Å². The van der Waals surface area contributed by atoms with E-state index in [4.69, 9.17) is 5.73 Å². The molecule has 18 heavy (non-hydrogen) atoms. The predicted octanol–water partition coefficient (Wildman–Crippen LogP) is 1.47. The molecule has 98 valence electrons. The highest BCUT2D eigenvalue weighted by molar-refractivity contribution is 5.95. The number of nitrogens with one attached hydrogen (secondary N) is 1. The van der Waals surface area contributed by atoms with Crippen molar-refractivity contribution in [1.82, 2.24) is 5.32 Å². The van der Waals surface area contributed by atoms with E-state index in [1.165, 1.54) is 0 Å². The number of carbonyl (C=O) groups excluding carboxylic acids is 1. The van der Waals surface area contributed by atoms with E-state index in [-0.39, 0.29) is 23.5 Å². The Balaban J connectivity index is 2.09. The summed E-state index contributed by atoms with van der Waals surface area (Å²) in [7, 11) is 0. The number of anilines is 1. The second kappa shape index (κ2) is 4.28. The lowest BCUT2D eigenvalue weighted by Gasteiger charge is -2.49. The summed E-state index contributed by atoms with van der Waals surface area (Å²) in [4.78, 5) is 12.1. The molecule has 0 heterocycles. The molecule has 1 saturated carbocycles. The van der Waals surface area contributed by atoms with Gasteiger partial charge >= 0.3 is 0 Å². The first-order chi connectivity index (χ1) is 8.30. The minimum absolute atomic E-state index is 0.0155. The van der Waals surface area contributed by atoms with Crippen LogP contribution in [0.2, 0.25) is 0 Å². The molecule has 0 aromatic heterocycles. The minimum Gasteiger partial charge on any atom is -0.399 e. The first kappa shape index (κ1) is 12.9. The van der Waals surface area contributed by atoms with Crippen molar-refractivity contribution in [1.29, 1.82) is 0 Å². The number of rotatable bonds is 2. The molecule has 4 heteroatoms. The van der Waals surface area contributed by atoms with E-state index in [0.29, 0.717) is 17.7 Å². The van der Waals surface area contributed by atoms with Crippen molar-refractivity contribution >= 4 is 11.6 Å². The highest BCUT2D eigenvalue weighted by Gasteiger charge is 2.47. The number of aryl methyl sites for hydroxylation is 1. The molecular formula is C14H20N2O2. The summed E-state index contributed by atoms with van der Waals surface area (Å²) in [6.45, 7) is 5.82. The van der Waals surface area contributed by atoms with Gasteiger partial charge in [0.25, 0.3) is 5.91 Å². The second-order valence-corrected chi connectivity index (χ2v) is 5.73. The fourth-order valence-electron chi connectivity index (χ4n) is 2.33. The monoisotopic (exact) mass is 248 g/mol. The number of aliphatic hydroxyl groups is 1. The largest absolute Gasteiger partial charge is 0.399 e. The molecule has 0 radical (unpaired) electrons. The number of benzene rings is 1. The van der Waals surface area contributed by atoms with Crippen molar-refractivity contribution in [3.05, 3.63) is 29.3 Å². The molecule has 2 unspecified atom stereocenters. The summed E-state index contributed by atoms with van der Waals surface area (Å²) < 4.78 is 0. The maximum atomic E-state index is 12.1. The zero-order valence-electron chi connectivity index (χ0n) is 11.0. The smallest absolute Gasteiger partial charge is 0.251 e. The number of carbonyl (C=O) groups is 1. The lowest BCUT2D eigenvalue weighted by atomic mass is 9.64. The minimum atomic E-state index is -0.342. The van der Waals surface area contributed by atoms with Crippen molar-refractivity contribution in [2.45, 2.75) is 39.3 Å². The zero-order chi connectivity index (χ0) is 13.5. The van der Waals surface area contributed by atoms with Crippen molar-refractivity contribution < 1.29 is 9.90 Å². The molecule has 0 aliphatic heterocycles. The van der Waals surface area contributed by atoms with E-state index in [1.807, 2.05) is 32.9 Å². The maximum Gasteiger partial charge on any atom is 0.251 e. The van der Waals surface area contributed by atoms with Crippen molar-refractivity contribution in [2.75, 3.05) is 5.73 Å². The van der Waals surface area contributed by atoms with Gasteiger partial charge in [-0.05, 0) is 37.1 Å². The standard InChI is InChI=1S/C14H20N2O2/c1-8-4-9(6-10(15)5-8)13(18)16-11-7-12(17)14(11,2)3/h4-6,11-12,17H,7,15H2,1-3H3,(H,16,18). The third kappa shape index (κ3) is 2.20. The molecule has 2 rings (SSSR count). The Bertz CT molecular complexity index is 462. The number of hydrogen-bond acceptors (Lipinski definition) is 3. The third-order valence-electron chi connectivity index (χ3n) is 3.88. The molecule has 0 spiro atoms. The molecule has 1 aliphatic rings. The van der Waals surface area contributed by atoms with Crippen LogP contribution in [0.25, 0.3) is 0 Å². The van der Waals surface area contributed by atoms with Crippen LogP contribution in [0.3, 0.4) is 0 Å². The van der Waals surface area contributed by atoms with Gasteiger partial charge in [-0.15, -0.1) is 0 Å². The normalized spacial score (nSPS) is 25.3. The predicted molar refractivity (Wildman–Crippen MR) is 71.3 cm³/mol. The summed E-state index contributed by atoms with van der Waals surface area (Å²) >= 11 is 0. The molecule has 1 amide bonds. The van der Waals surface area contributed by atoms with Crippen LogP contribution in [0.15, 0.2) is 18.2 Å². The van der Waals surface area contributed by atoms with E-state index < -0.39 is 0 Å². The molecule has 1 aliphatic carbocycles. The van der Waals surface area contributed by atoms with Crippen LogP contribution < -0.4 is 11.1 Å². The first-order valence-corrected chi connectivity index (χ1v) is 6.17. The fraction of sp³-hybridized carbons (Fsp3) is 0.500. The Kier molecular flexibility index (Phi) is 3.07. The molecule has 4 N–H and O–H groups in total. The van der Waals surface area contributed by atoms with Crippen LogP contribution in [0, 0.1) is 12.3 Å². The lowest BCUT2D eigenvalue weighted by Crippen LogP contribution is -2.61. The van der Waals surface area contributed by atoms with Gasteiger partial charge in [-0.2, -0.15) is 0 Å². The summed E-state index contributed by atoms with van der Waals surface area (Å²) in [5.41, 5.74) is 7.60.